The summed E-state index contributed by atoms with van der Waals surface area (Å²) in [4.78, 5) is 19.5. The van der Waals surface area contributed by atoms with E-state index in [-0.39, 0.29) is 5.41 Å². The van der Waals surface area contributed by atoms with Crippen LogP contribution in [0, 0.1) is 0 Å². The summed E-state index contributed by atoms with van der Waals surface area (Å²) >= 11 is 0. The first-order valence-corrected chi connectivity index (χ1v) is 15.9. The molecule has 43 heavy (non-hydrogen) atoms. The fourth-order valence-corrected chi connectivity index (χ4v) is 7.94. The van der Waals surface area contributed by atoms with Gasteiger partial charge in [0.25, 0.3) is 0 Å². The van der Waals surface area contributed by atoms with Gasteiger partial charge in [0.05, 0.1) is 5.52 Å². The Balaban J connectivity index is 1.32. The Morgan fingerprint density at radius 1 is 1.14 bits per heavy atom. The molecule has 1 aromatic carbocycles. The van der Waals surface area contributed by atoms with E-state index in [1.54, 1.807) is 41.2 Å². The number of hydrogen-bond acceptors (Lipinski definition) is 7. The van der Waals surface area contributed by atoms with Gasteiger partial charge >= 0.3 is 6.09 Å². The summed E-state index contributed by atoms with van der Waals surface area (Å²) < 4.78 is 36.6. The first-order valence-electron chi connectivity index (χ1n) is 14.4. The van der Waals surface area contributed by atoms with Crippen LogP contribution >= 0.6 is 0 Å². The molecular formula is C32H34N6O4S. The zero-order chi connectivity index (χ0) is 30.4. The Kier molecular flexibility index (Phi) is 5.85. The second-order valence-electron chi connectivity index (χ2n) is 13.1. The third kappa shape index (κ3) is 4.31. The van der Waals surface area contributed by atoms with Gasteiger partial charge in [-0.3, -0.25) is 4.90 Å². The number of hydrogen-bond donors (Lipinski definition) is 0. The van der Waals surface area contributed by atoms with Crippen LogP contribution in [0.4, 0.5) is 10.6 Å². The zero-order valence-corrected chi connectivity index (χ0v) is 25.7. The van der Waals surface area contributed by atoms with E-state index < -0.39 is 26.5 Å². The van der Waals surface area contributed by atoms with E-state index in [0.717, 1.165) is 34.9 Å². The normalized spacial score (nSPS) is 20.9. The lowest BCUT2D eigenvalue weighted by atomic mass is 9.96. The van der Waals surface area contributed by atoms with E-state index in [1.807, 2.05) is 64.2 Å². The first-order chi connectivity index (χ1) is 20.3. The van der Waals surface area contributed by atoms with E-state index in [0.29, 0.717) is 35.7 Å². The molecule has 4 aromatic rings. The van der Waals surface area contributed by atoms with Gasteiger partial charge in [0, 0.05) is 59.1 Å². The van der Waals surface area contributed by atoms with Gasteiger partial charge in [-0.15, -0.1) is 10.2 Å². The minimum Gasteiger partial charge on any atom is -0.443 e. The summed E-state index contributed by atoms with van der Waals surface area (Å²) in [6, 6.07) is 9.61. The Morgan fingerprint density at radius 2 is 1.91 bits per heavy atom. The van der Waals surface area contributed by atoms with Crippen molar-refractivity contribution in [2.45, 2.75) is 62.7 Å². The predicted molar refractivity (Wildman–Crippen MR) is 165 cm³/mol. The van der Waals surface area contributed by atoms with Crippen molar-refractivity contribution in [3.63, 3.8) is 0 Å². The Labute approximate surface area is 250 Å². The average Bonchev–Trinajstić information content (AvgIpc) is 3.27. The van der Waals surface area contributed by atoms with Crippen LogP contribution < -0.4 is 4.90 Å². The minimum atomic E-state index is -3.93. The zero-order valence-electron chi connectivity index (χ0n) is 24.9. The van der Waals surface area contributed by atoms with Gasteiger partial charge in [0.1, 0.15) is 22.5 Å². The first kappa shape index (κ1) is 27.6. The van der Waals surface area contributed by atoms with Crippen LogP contribution in [-0.4, -0.2) is 55.1 Å². The molecule has 4 heterocycles. The van der Waals surface area contributed by atoms with Crippen molar-refractivity contribution >= 4 is 38.4 Å². The van der Waals surface area contributed by atoms with Gasteiger partial charge < -0.3 is 9.30 Å². The molecule has 1 amide bonds. The molecule has 222 valence electrons. The molecule has 1 fully saturated rings. The van der Waals surface area contributed by atoms with Gasteiger partial charge in [0.15, 0.2) is 5.82 Å². The molecule has 1 saturated carbocycles. The summed E-state index contributed by atoms with van der Waals surface area (Å²) in [5, 5.41) is 8.96. The quantitative estimate of drug-likeness (QED) is 0.301. The van der Waals surface area contributed by atoms with Crippen molar-refractivity contribution < 1.29 is 17.9 Å². The number of nitrogens with zero attached hydrogens (tertiary/aromatic N) is 6. The molecule has 1 aliphatic heterocycles. The van der Waals surface area contributed by atoms with Crippen LogP contribution in [0.5, 0.6) is 0 Å². The maximum absolute atomic E-state index is 14.5. The molecule has 3 aromatic heterocycles. The number of benzene rings is 1. The maximum Gasteiger partial charge on any atom is 0.416 e. The number of aryl methyl sites for hydroxylation is 1. The van der Waals surface area contributed by atoms with Gasteiger partial charge in [-0.1, -0.05) is 36.4 Å². The number of carbonyl (C=O) groups excluding carboxylic acids is 1. The molecule has 7 rings (SSSR count). The molecule has 10 nitrogen and oxygen atoms in total. The van der Waals surface area contributed by atoms with Crippen LogP contribution in [0.2, 0.25) is 0 Å². The number of amides is 1. The van der Waals surface area contributed by atoms with Crippen molar-refractivity contribution in [3.8, 4) is 11.1 Å². The molecule has 0 radical (unpaired) electrons. The lowest BCUT2D eigenvalue weighted by Crippen LogP contribution is -2.38. The van der Waals surface area contributed by atoms with Crippen molar-refractivity contribution in [3.05, 3.63) is 78.7 Å². The van der Waals surface area contributed by atoms with Gasteiger partial charge in [0.2, 0.25) is 10.0 Å². The van der Waals surface area contributed by atoms with Crippen LogP contribution in [0.3, 0.4) is 0 Å². The number of para-hydroxylation sites is 1. The van der Waals surface area contributed by atoms with Crippen LogP contribution in [0.15, 0.2) is 67.3 Å². The van der Waals surface area contributed by atoms with E-state index in [1.165, 1.54) is 3.97 Å². The number of allylic oxidation sites excluding steroid dienone is 3. The monoisotopic (exact) mass is 598 g/mol. The van der Waals surface area contributed by atoms with Crippen molar-refractivity contribution in [2.24, 2.45) is 7.05 Å². The molecule has 3 aliphatic rings. The minimum absolute atomic E-state index is 0.136. The number of ether oxygens (including phenoxy) is 1. The highest BCUT2D eigenvalue weighted by Crippen LogP contribution is 2.56. The highest BCUT2D eigenvalue weighted by atomic mass is 32.2. The van der Waals surface area contributed by atoms with Crippen LogP contribution in [0.25, 0.3) is 27.6 Å². The van der Waals surface area contributed by atoms with Gasteiger partial charge in [-0.2, -0.15) is 0 Å². The number of aromatic nitrogens is 5. The largest absolute Gasteiger partial charge is 0.443 e. The maximum atomic E-state index is 14.5. The topological polar surface area (TPSA) is 112 Å². The highest BCUT2D eigenvalue weighted by molar-refractivity contribution is 7.91. The highest BCUT2D eigenvalue weighted by Gasteiger charge is 2.54. The molecule has 11 heteroatoms. The second-order valence-corrected chi connectivity index (χ2v) is 15.4. The molecule has 2 aliphatic carbocycles. The molecule has 1 unspecified atom stereocenters. The molecule has 1 spiro atoms. The second kappa shape index (κ2) is 9.12. The molecule has 0 N–H and O–H groups in total. The van der Waals surface area contributed by atoms with Crippen molar-refractivity contribution in [1.82, 2.24) is 23.7 Å². The number of fused-ring (bicyclic) bond motifs is 3. The molecule has 0 saturated heterocycles. The number of rotatable bonds is 4. The van der Waals surface area contributed by atoms with Crippen molar-refractivity contribution in [2.75, 3.05) is 11.4 Å². The third-order valence-corrected chi connectivity index (χ3v) is 11.0. The van der Waals surface area contributed by atoms with Crippen LogP contribution in [-0.2, 0) is 27.2 Å². The Hall–Kier alpha value is -4.25. The third-order valence-electron chi connectivity index (χ3n) is 8.71. The van der Waals surface area contributed by atoms with Gasteiger partial charge in [-0.25, -0.2) is 22.2 Å². The fourth-order valence-electron chi connectivity index (χ4n) is 6.24. The lowest BCUT2D eigenvalue weighted by molar-refractivity contribution is 0.0580. The smallest absolute Gasteiger partial charge is 0.416 e. The van der Waals surface area contributed by atoms with Crippen LogP contribution in [0.1, 0.15) is 58.3 Å². The Bertz CT molecular complexity index is 1980. The summed E-state index contributed by atoms with van der Waals surface area (Å²) in [5.41, 5.74) is 3.15. The fraction of sp³-hybridized carbons (Fsp3) is 0.375. The average molecular weight is 599 g/mol. The summed E-state index contributed by atoms with van der Waals surface area (Å²) in [7, 11) is -2.10. The Morgan fingerprint density at radius 3 is 2.60 bits per heavy atom. The molecule has 0 bridgehead atoms. The lowest BCUT2D eigenvalue weighted by Gasteiger charge is -2.29. The van der Waals surface area contributed by atoms with E-state index in [4.69, 9.17) is 9.72 Å². The van der Waals surface area contributed by atoms with E-state index in [9.17, 15) is 13.2 Å². The number of carbonyl (C=O) groups is 1. The van der Waals surface area contributed by atoms with Gasteiger partial charge in [-0.05, 0) is 59.1 Å². The number of anilines is 1. The van der Waals surface area contributed by atoms with E-state index in [2.05, 4.69) is 16.3 Å². The number of pyridine rings is 1. The van der Waals surface area contributed by atoms with E-state index >= 15 is 0 Å². The standard InChI is InChI=1S/C32H34N6O4S/c1-30(2,3)42-29(39)37-19-32(13-14-32)25-15-22(17-33-28(25)37)24-18-38(26-11-7-6-10-23(24)26)43(40,41)31(4)12-8-9-21(16-31)27-35-34-20-36(27)5/h6-11,15-18,20H,12-14,19H2,1-5H3. The SMILES string of the molecule is Cn1cnnc1C1=CC(C)(S(=O)(=O)n2cc(-c3cnc4c(c3)C3(CC3)CN4C(=O)OC(C)(C)C)c3ccccc32)CC=C1. The predicted octanol–water partition coefficient (Wildman–Crippen LogP) is 5.60. The molecular weight excluding hydrogens is 564 g/mol. The summed E-state index contributed by atoms with van der Waals surface area (Å²) in [5.74, 6) is 1.23. The molecule has 1 atom stereocenters. The van der Waals surface area contributed by atoms with Crippen molar-refractivity contribution in [1.29, 1.82) is 0 Å². The summed E-state index contributed by atoms with van der Waals surface area (Å²) in [6.45, 7) is 7.84. The summed E-state index contributed by atoms with van der Waals surface area (Å²) in [6.07, 6.45) is 12.4.